The molecular formula is C15H14F3N3O2. The molecule has 0 radical (unpaired) electrons. The number of anilines is 1. The van der Waals surface area contributed by atoms with E-state index in [1.54, 1.807) is 18.2 Å². The van der Waals surface area contributed by atoms with Crippen LogP contribution in [0.1, 0.15) is 17.2 Å². The molecule has 1 aromatic heterocycles. The van der Waals surface area contributed by atoms with Crippen LogP contribution in [-0.4, -0.2) is 22.7 Å². The summed E-state index contributed by atoms with van der Waals surface area (Å²) in [5.41, 5.74) is -0.787. The second-order valence-corrected chi connectivity index (χ2v) is 4.69. The molecule has 2 rings (SSSR count). The molecule has 2 amide bonds. The minimum Gasteiger partial charge on any atom is -0.387 e. The normalized spacial score (nSPS) is 12.5. The number of aromatic nitrogens is 1. The van der Waals surface area contributed by atoms with Gasteiger partial charge in [0, 0.05) is 12.7 Å². The number of nitrogens with one attached hydrogen (secondary N) is 2. The lowest BCUT2D eigenvalue weighted by molar-refractivity contribution is -0.137. The van der Waals surface area contributed by atoms with Gasteiger partial charge in [-0.25, -0.2) is 9.78 Å². The Kier molecular flexibility index (Phi) is 5.17. The maximum Gasteiger partial charge on any atom is 0.416 e. The SMILES string of the molecule is O=C(NC[C@@H](O)c1cccc(C(F)(F)F)c1)Nc1ccccn1. The zero-order chi connectivity index (χ0) is 16.9. The topological polar surface area (TPSA) is 74.2 Å². The molecule has 23 heavy (non-hydrogen) atoms. The van der Waals surface area contributed by atoms with Gasteiger partial charge in [-0.2, -0.15) is 13.2 Å². The summed E-state index contributed by atoms with van der Waals surface area (Å²) >= 11 is 0. The molecule has 3 N–H and O–H groups in total. The average molecular weight is 325 g/mol. The minimum atomic E-state index is -4.49. The lowest BCUT2D eigenvalue weighted by atomic mass is 10.1. The van der Waals surface area contributed by atoms with E-state index in [1.165, 1.54) is 18.3 Å². The number of carbonyl (C=O) groups is 1. The van der Waals surface area contributed by atoms with Crippen LogP contribution in [0.25, 0.3) is 0 Å². The van der Waals surface area contributed by atoms with Crippen molar-refractivity contribution in [3.8, 4) is 0 Å². The standard InChI is InChI=1S/C15H14F3N3O2/c16-15(17,18)11-5-3-4-10(8-11)12(22)9-20-14(23)21-13-6-1-2-7-19-13/h1-8,12,22H,9H2,(H2,19,20,21,23)/t12-/m1/s1. The van der Waals surface area contributed by atoms with Crippen molar-refractivity contribution >= 4 is 11.8 Å². The largest absolute Gasteiger partial charge is 0.416 e. The molecule has 0 aliphatic carbocycles. The van der Waals surface area contributed by atoms with Gasteiger partial charge < -0.3 is 10.4 Å². The molecule has 0 aliphatic rings. The van der Waals surface area contributed by atoms with Crippen molar-refractivity contribution < 1.29 is 23.1 Å². The summed E-state index contributed by atoms with van der Waals surface area (Å²) in [6.45, 7) is -0.236. The van der Waals surface area contributed by atoms with Crippen molar-refractivity contribution in [3.63, 3.8) is 0 Å². The Morgan fingerprint density at radius 3 is 2.65 bits per heavy atom. The van der Waals surface area contributed by atoms with Crippen LogP contribution in [0.5, 0.6) is 0 Å². The van der Waals surface area contributed by atoms with Gasteiger partial charge in [-0.15, -0.1) is 0 Å². The molecule has 0 saturated carbocycles. The Balaban J connectivity index is 1.92. The molecule has 2 aromatic rings. The number of pyridine rings is 1. The van der Waals surface area contributed by atoms with E-state index in [0.29, 0.717) is 5.82 Å². The minimum absolute atomic E-state index is 0.0676. The van der Waals surface area contributed by atoms with Crippen LogP contribution in [0.15, 0.2) is 48.7 Å². The summed E-state index contributed by atoms with van der Waals surface area (Å²) in [6, 6.07) is 8.65. The molecule has 0 saturated heterocycles. The molecule has 0 unspecified atom stereocenters. The zero-order valence-corrected chi connectivity index (χ0v) is 11.8. The number of aliphatic hydroxyl groups is 1. The fourth-order valence-corrected chi connectivity index (χ4v) is 1.83. The van der Waals surface area contributed by atoms with Crippen LogP contribution in [0.3, 0.4) is 0 Å². The Morgan fingerprint density at radius 2 is 2.00 bits per heavy atom. The Morgan fingerprint density at radius 1 is 1.22 bits per heavy atom. The van der Waals surface area contributed by atoms with Gasteiger partial charge in [-0.1, -0.05) is 18.2 Å². The molecule has 1 atom stereocenters. The quantitative estimate of drug-likeness (QED) is 0.809. The third-order valence-electron chi connectivity index (χ3n) is 2.96. The number of carbonyl (C=O) groups excluding carboxylic acids is 1. The first-order chi connectivity index (χ1) is 10.9. The van der Waals surface area contributed by atoms with Crippen LogP contribution >= 0.6 is 0 Å². The number of benzene rings is 1. The van der Waals surface area contributed by atoms with Crippen molar-refractivity contribution in [3.05, 3.63) is 59.8 Å². The summed E-state index contributed by atoms with van der Waals surface area (Å²) in [6.07, 6.45) is -4.25. The monoisotopic (exact) mass is 325 g/mol. The summed E-state index contributed by atoms with van der Waals surface area (Å²) < 4.78 is 37.9. The third kappa shape index (κ3) is 4.96. The van der Waals surface area contributed by atoms with Crippen molar-refractivity contribution in [2.24, 2.45) is 0 Å². The fraction of sp³-hybridized carbons (Fsp3) is 0.200. The van der Waals surface area contributed by atoms with Crippen molar-refractivity contribution in [2.45, 2.75) is 12.3 Å². The number of halogens is 3. The van der Waals surface area contributed by atoms with Gasteiger partial charge >= 0.3 is 12.2 Å². The van der Waals surface area contributed by atoms with Gasteiger partial charge in [0.15, 0.2) is 0 Å². The van der Waals surface area contributed by atoms with E-state index in [1.807, 2.05) is 0 Å². The number of hydrogen-bond acceptors (Lipinski definition) is 3. The number of nitrogens with zero attached hydrogens (tertiary/aromatic N) is 1. The highest BCUT2D eigenvalue weighted by Crippen LogP contribution is 2.30. The van der Waals surface area contributed by atoms with Gasteiger partial charge in [0.05, 0.1) is 11.7 Å². The Bertz CT molecular complexity index is 663. The van der Waals surface area contributed by atoms with Gasteiger partial charge in [-0.05, 0) is 29.8 Å². The first-order valence-corrected chi connectivity index (χ1v) is 6.67. The number of amides is 2. The first kappa shape index (κ1) is 16.8. The number of rotatable bonds is 4. The second kappa shape index (κ2) is 7.10. The zero-order valence-electron chi connectivity index (χ0n) is 11.8. The second-order valence-electron chi connectivity index (χ2n) is 4.69. The van der Waals surface area contributed by atoms with E-state index in [0.717, 1.165) is 12.1 Å². The highest BCUT2D eigenvalue weighted by atomic mass is 19.4. The molecule has 0 fully saturated rings. The van der Waals surface area contributed by atoms with E-state index in [-0.39, 0.29) is 12.1 Å². The van der Waals surface area contributed by atoms with E-state index in [9.17, 15) is 23.1 Å². The molecule has 122 valence electrons. The summed E-state index contributed by atoms with van der Waals surface area (Å²) in [7, 11) is 0. The third-order valence-corrected chi connectivity index (χ3v) is 2.96. The van der Waals surface area contributed by atoms with E-state index >= 15 is 0 Å². The van der Waals surface area contributed by atoms with E-state index in [2.05, 4.69) is 15.6 Å². The van der Waals surface area contributed by atoms with Gasteiger partial charge in [0.2, 0.25) is 0 Å². The van der Waals surface area contributed by atoms with Gasteiger partial charge in [0.25, 0.3) is 0 Å². The molecule has 8 heteroatoms. The summed E-state index contributed by atoms with van der Waals surface area (Å²) in [4.78, 5) is 15.5. The number of aliphatic hydroxyl groups excluding tert-OH is 1. The van der Waals surface area contributed by atoms with Crippen molar-refractivity contribution in [1.82, 2.24) is 10.3 Å². The van der Waals surface area contributed by atoms with Crippen LogP contribution in [0.4, 0.5) is 23.8 Å². The molecule has 0 spiro atoms. The van der Waals surface area contributed by atoms with Crippen LogP contribution in [0.2, 0.25) is 0 Å². The molecule has 0 bridgehead atoms. The molecule has 1 aromatic carbocycles. The molecule has 5 nitrogen and oxygen atoms in total. The highest BCUT2D eigenvalue weighted by Gasteiger charge is 2.30. The van der Waals surface area contributed by atoms with E-state index in [4.69, 9.17) is 0 Å². The highest BCUT2D eigenvalue weighted by molar-refractivity contribution is 5.88. The smallest absolute Gasteiger partial charge is 0.387 e. The van der Waals surface area contributed by atoms with Crippen molar-refractivity contribution in [2.75, 3.05) is 11.9 Å². The lowest BCUT2D eigenvalue weighted by Crippen LogP contribution is -2.32. The maximum atomic E-state index is 12.6. The predicted molar refractivity (Wildman–Crippen MR) is 77.7 cm³/mol. The van der Waals surface area contributed by atoms with Crippen LogP contribution in [-0.2, 0) is 6.18 Å². The predicted octanol–water partition coefficient (Wildman–Crippen LogP) is 2.96. The molecular weight excluding hydrogens is 311 g/mol. The van der Waals surface area contributed by atoms with Gasteiger partial charge in [0.1, 0.15) is 5.82 Å². The molecule has 1 heterocycles. The fourth-order valence-electron chi connectivity index (χ4n) is 1.83. The van der Waals surface area contributed by atoms with Crippen LogP contribution < -0.4 is 10.6 Å². The number of alkyl halides is 3. The Labute approximate surface area is 130 Å². The first-order valence-electron chi connectivity index (χ1n) is 6.67. The maximum absolute atomic E-state index is 12.6. The van der Waals surface area contributed by atoms with Crippen LogP contribution in [0, 0.1) is 0 Å². The summed E-state index contributed by atoms with van der Waals surface area (Å²) in [5, 5.41) is 14.7. The van der Waals surface area contributed by atoms with E-state index < -0.39 is 23.9 Å². The summed E-state index contributed by atoms with van der Waals surface area (Å²) in [5.74, 6) is 0.318. The number of hydrogen-bond donors (Lipinski definition) is 3. The average Bonchev–Trinajstić information content (AvgIpc) is 2.53. The lowest BCUT2D eigenvalue weighted by Gasteiger charge is -2.14. The number of urea groups is 1. The van der Waals surface area contributed by atoms with Gasteiger partial charge in [-0.3, -0.25) is 5.32 Å². The Hall–Kier alpha value is -2.61. The van der Waals surface area contributed by atoms with Crippen molar-refractivity contribution in [1.29, 1.82) is 0 Å². The molecule has 0 aliphatic heterocycles.